The van der Waals surface area contributed by atoms with Crippen molar-refractivity contribution >= 4 is 29.1 Å². The molecule has 1 aliphatic heterocycles. The van der Waals surface area contributed by atoms with Gasteiger partial charge in [0.05, 0.1) is 24.2 Å². The second kappa shape index (κ2) is 4.20. The van der Waals surface area contributed by atoms with E-state index in [9.17, 15) is 9.59 Å². The van der Waals surface area contributed by atoms with Crippen LogP contribution in [0.2, 0.25) is 0 Å². The highest BCUT2D eigenvalue weighted by Gasteiger charge is 2.18. The van der Waals surface area contributed by atoms with Crippen molar-refractivity contribution in [3.8, 4) is 5.75 Å². The first kappa shape index (κ1) is 11.1. The molecule has 17 heavy (non-hydrogen) atoms. The molecule has 0 saturated heterocycles. The second-order valence-corrected chi connectivity index (χ2v) is 3.39. The number of benzene rings is 1. The van der Waals surface area contributed by atoms with E-state index in [-0.39, 0.29) is 12.5 Å². The van der Waals surface area contributed by atoms with Crippen LogP contribution in [-0.4, -0.2) is 25.7 Å². The minimum absolute atomic E-state index is 0.0454. The number of hydrogen-bond acceptors (Lipinski definition) is 5. The number of nitrogens with one attached hydrogen (secondary N) is 2. The fourth-order valence-electron chi connectivity index (χ4n) is 1.41. The zero-order valence-corrected chi connectivity index (χ0v) is 9.07. The zero-order chi connectivity index (χ0) is 12.4. The van der Waals surface area contributed by atoms with Gasteiger partial charge in [0.25, 0.3) is 5.91 Å². The van der Waals surface area contributed by atoms with Crippen LogP contribution in [0.15, 0.2) is 12.1 Å². The number of methoxy groups -OCH3 is 1. The molecule has 0 atom stereocenters. The lowest BCUT2D eigenvalue weighted by molar-refractivity contribution is -0.118. The third-order valence-corrected chi connectivity index (χ3v) is 2.21. The molecular weight excluding hydrogens is 226 g/mol. The minimum Gasteiger partial charge on any atom is -0.482 e. The van der Waals surface area contributed by atoms with Crippen LogP contribution in [-0.2, 0) is 9.53 Å². The molecule has 1 aromatic carbocycles. The zero-order valence-electron chi connectivity index (χ0n) is 9.07. The molecule has 1 aliphatic rings. The van der Waals surface area contributed by atoms with Crippen LogP contribution in [0.25, 0.3) is 0 Å². The number of fused-ring (bicyclic) bond motifs is 1. The number of ether oxygens (including phenoxy) is 2. The molecule has 90 valence electrons. The topological polar surface area (TPSA) is 103 Å². The van der Waals surface area contributed by atoms with Crippen LogP contribution >= 0.6 is 0 Å². The van der Waals surface area contributed by atoms with Gasteiger partial charge in [-0.3, -0.25) is 10.1 Å². The summed E-state index contributed by atoms with van der Waals surface area (Å²) in [7, 11) is 1.24. The Kier molecular flexibility index (Phi) is 2.73. The van der Waals surface area contributed by atoms with Crippen LogP contribution in [0.4, 0.5) is 21.9 Å². The first-order valence-corrected chi connectivity index (χ1v) is 4.81. The molecule has 2 rings (SSSR count). The maximum Gasteiger partial charge on any atom is 0.411 e. The number of rotatable bonds is 1. The third-order valence-electron chi connectivity index (χ3n) is 2.21. The molecule has 0 bridgehead atoms. The molecule has 1 heterocycles. The second-order valence-electron chi connectivity index (χ2n) is 3.39. The van der Waals surface area contributed by atoms with Gasteiger partial charge in [-0.15, -0.1) is 0 Å². The molecule has 0 aromatic heterocycles. The van der Waals surface area contributed by atoms with Gasteiger partial charge in [0.1, 0.15) is 5.75 Å². The first-order valence-electron chi connectivity index (χ1n) is 4.81. The summed E-state index contributed by atoms with van der Waals surface area (Å²) in [6.45, 7) is -0.0454. The Morgan fingerprint density at radius 2 is 2.35 bits per heavy atom. The highest BCUT2D eigenvalue weighted by molar-refractivity contribution is 5.98. The number of anilines is 3. The van der Waals surface area contributed by atoms with Gasteiger partial charge in [-0.1, -0.05) is 0 Å². The van der Waals surface area contributed by atoms with E-state index in [0.717, 1.165) is 0 Å². The maximum absolute atomic E-state index is 11.1. The van der Waals surface area contributed by atoms with E-state index >= 15 is 0 Å². The summed E-state index contributed by atoms with van der Waals surface area (Å²) >= 11 is 0. The number of carbonyl (C=O) groups excluding carboxylic acids is 2. The smallest absolute Gasteiger partial charge is 0.411 e. The third kappa shape index (κ3) is 2.22. The largest absolute Gasteiger partial charge is 0.482 e. The van der Waals surface area contributed by atoms with E-state index in [4.69, 9.17) is 10.5 Å². The molecule has 4 N–H and O–H groups in total. The van der Waals surface area contributed by atoms with Crippen molar-refractivity contribution < 1.29 is 19.1 Å². The van der Waals surface area contributed by atoms with Gasteiger partial charge in [0.15, 0.2) is 6.61 Å². The van der Waals surface area contributed by atoms with Crippen molar-refractivity contribution in [2.24, 2.45) is 0 Å². The monoisotopic (exact) mass is 237 g/mol. The summed E-state index contributed by atoms with van der Waals surface area (Å²) in [5.41, 5.74) is 6.85. The van der Waals surface area contributed by atoms with Crippen molar-refractivity contribution in [3.63, 3.8) is 0 Å². The summed E-state index contributed by atoms with van der Waals surface area (Å²) in [5, 5.41) is 5.04. The van der Waals surface area contributed by atoms with E-state index in [2.05, 4.69) is 15.4 Å². The van der Waals surface area contributed by atoms with Crippen LogP contribution in [0.5, 0.6) is 5.75 Å². The molecule has 1 aromatic rings. The highest BCUT2D eigenvalue weighted by atomic mass is 16.5. The Labute approximate surface area is 96.9 Å². The summed E-state index contributed by atoms with van der Waals surface area (Å²) < 4.78 is 9.62. The van der Waals surface area contributed by atoms with E-state index in [0.29, 0.717) is 22.8 Å². The van der Waals surface area contributed by atoms with Crippen LogP contribution in [0, 0.1) is 0 Å². The molecule has 0 saturated carbocycles. The van der Waals surface area contributed by atoms with Crippen molar-refractivity contribution in [2.45, 2.75) is 0 Å². The lowest BCUT2D eigenvalue weighted by Gasteiger charge is -2.19. The predicted molar refractivity (Wildman–Crippen MR) is 61.0 cm³/mol. The normalized spacial score (nSPS) is 13.1. The molecule has 0 fully saturated rings. The number of nitrogen functional groups attached to an aromatic ring is 1. The van der Waals surface area contributed by atoms with E-state index in [1.807, 2.05) is 0 Å². The molecule has 0 spiro atoms. The quantitative estimate of drug-likeness (QED) is 0.626. The Morgan fingerprint density at radius 1 is 1.59 bits per heavy atom. The summed E-state index contributed by atoms with van der Waals surface area (Å²) in [5.74, 6) is 0.212. The number of hydrogen-bond donors (Lipinski definition) is 3. The van der Waals surface area contributed by atoms with E-state index < -0.39 is 6.09 Å². The molecular formula is C10H11N3O4. The van der Waals surface area contributed by atoms with Crippen molar-refractivity contribution in [2.75, 3.05) is 30.1 Å². The number of carbonyl (C=O) groups is 2. The summed E-state index contributed by atoms with van der Waals surface area (Å²) in [4.78, 5) is 22.2. The standard InChI is InChI=1S/C10H11N3O4/c1-16-10(15)13-6-3-7-8(2-5(6)11)17-4-9(14)12-7/h2-3H,4,11H2,1H3,(H,12,14)(H,13,15). The SMILES string of the molecule is COC(=O)Nc1cc2c(cc1N)OCC(=O)N2. The van der Waals surface area contributed by atoms with Crippen molar-refractivity contribution in [1.82, 2.24) is 0 Å². The van der Waals surface area contributed by atoms with Crippen molar-refractivity contribution in [1.29, 1.82) is 0 Å². The lowest BCUT2D eigenvalue weighted by Crippen LogP contribution is -2.25. The minimum atomic E-state index is -0.639. The van der Waals surface area contributed by atoms with Crippen LogP contribution in [0.1, 0.15) is 0 Å². The molecule has 0 aliphatic carbocycles. The fourth-order valence-corrected chi connectivity index (χ4v) is 1.41. The van der Waals surface area contributed by atoms with Gasteiger partial charge in [-0.2, -0.15) is 0 Å². The lowest BCUT2D eigenvalue weighted by atomic mass is 10.2. The molecule has 7 nitrogen and oxygen atoms in total. The summed E-state index contributed by atoms with van der Waals surface area (Å²) in [6.07, 6.45) is -0.639. The maximum atomic E-state index is 11.1. The Bertz CT molecular complexity index is 487. The van der Waals surface area contributed by atoms with Crippen molar-refractivity contribution in [3.05, 3.63) is 12.1 Å². The average molecular weight is 237 g/mol. The Balaban J connectivity index is 2.32. The van der Waals surface area contributed by atoms with Crippen LogP contribution < -0.4 is 21.1 Å². The highest BCUT2D eigenvalue weighted by Crippen LogP contribution is 2.35. The van der Waals surface area contributed by atoms with Crippen LogP contribution in [0.3, 0.4) is 0 Å². The molecule has 2 amide bonds. The Hall–Kier alpha value is -2.44. The van der Waals surface area contributed by atoms with Gasteiger partial charge in [-0.05, 0) is 6.07 Å². The van der Waals surface area contributed by atoms with Gasteiger partial charge in [0, 0.05) is 6.07 Å². The first-order chi connectivity index (χ1) is 8.10. The predicted octanol–water partition coefficient (Wildman–Crippen LogP) is 0.778. The molecule has 7 heteroatoms. The Morgan fingerprint density at radius 3 is 3.06 bits per heavy atom. The fraction of sp³-hybridized carbons (Fsp3) is 0.200. The van der Waals surface area contributed by atoms with Gasteiger partial charge < -0.3 is 20.5 Å². The van der Waals surface area contributed by atoms with Gasteiger partial charge >= 0.3 is 6.09 Å². The van der Waals surface area contributed by atoms with Gasteiger partial charge in [0.2, 0.25) is 0 Å². The van der Waals surface area contributed by atoms with Gasteiger partial charge in [-0.25, -0.2) is 4.79 Å². The molecule has 0 radical (unpaired) electrons. The molecule has 0 unspecified atom stereocenters. The van der Waals surface area contributed by atoms with E-state index in [1.54, 1.807) is 0 Å². The average Bonchev–Trinajstić information content (AvgIpc) is 2.30. The summed E-state index contributed by atoms with van der Waals surface area (Å²) in [6, 6.07) is 3.04. The number of amides is 2. The number of nitrogens with two attached hydrogens (primary N) is 1. The van der Waals surface area contributed by atoms with E-state index in [1.165, 1.54) is 19.2 Å².